The lowest BCUT2D eigenvalue weighted by atomic mass is 10.1. The summed E-state index contributed by atoms with van der Waals surface area (Å²) in [5, 5.41) is 0. The molecule has 1 aromatic rings. The van der Waals surface area contributed by atoms with Gasteiger partial charge in [0.05, 0.1) is 13.2 Å². The minimum absolute atomic E-state index is 0.0764. The molecule has 0 aliphatic carbocycles. The topological polar surface area (TPSA) is 21.3 Å². The maximum atomic E-state index is 12.7. The predicted octanol–water partition coefficient (Wildman–Crippen LogP) is 2.93. The molecule has 0 aromatic heterocycles. The van der Waals surface area contributed by atoms with Crippen LogP contribution in [0.1, 0.15) is 12.0 Å². The van der Waals surface area contributed by atoms with Gasteiger partial charge in [-0.1, -0.05) is 30.4 Å². The van der Waals surface area contributed by atoms with Gasteiger partial charge in [-0.25, -0.2) is 4.39 Å². The molecule has 0 bridgehead atoms. The van der Waals surface area contributed by atoms with Crippen LogP contribution in [0.25, 0.3) is 6.08 Å². The summed E-state index contributed by atoms with van der Waals surface area (Å²) >= 11 is 0. The molecule has 1 rings (SSSR count). The van der Waals surface area contributed by atoms with E-state index in [4.69, 9.17) is 4.84 Å². The van der Waals surface area contributed by atoms with Crippen LogP contribution < -0.4 is 5.48 Å². The van der Waals surface area contributed by atoms with E-state index in [-0.39, 0.29) is 11.9 Å². The quantitative estimate of drug-likeness (QED) is 0.589. The van der Waals surface area contributed by atoms with Crippen LogP contribution in [-0.4, -0.2) is 13.2 Å². The van der Waals surface area contributed by atoms with Crippen LogP contribution in [0.2, 0.25) is 0 Å². The zero-order valence-corrected chi connectivity index (χ0v) is 9.32. The summed E-state index contributed by atoms with van der Waals surface area (Å²) in [7, 11) is 1.57. The highest BCUT2D eigenvalue weighted by molar-refractivity contribution is 5.49. The number of halogens is 1. The molecule has 86 valence electrons. The molecule has 1 aromatic carbocycles. The summed E-state index contributed by atoms with van der Waals surface area (Å²) in [4.78, 5) is 4.86. The number of benzene rings is 1. The van der Waals surface area contributed by atoms with Crippen molar-refractivity contribution in [2.24, 2.45) is 0 Å². The van der Waals surface area contributed by atoms with Crippen molar-refractivity contribution >= 4 is 6.08 Å². The first-order valence-corrected chi connectivity index (χ1v) is 5.09. The van der Waals surface area contributed by atoms with Crippen LogP contribution in [0.5, 0.6) is 0 Å². The normalized spacial score (nSPS) is 12.9. The van der Waals surface area contributed by atoms with Crippen molar-refractivity contribution in [2.75, 3.05) is 7.11 Å². The molecule has 0 aliphatic heterocycles. The molecule has 0 saturated heterocycles. The highest BCUT2D eigenvalue weighted by Gasteiger charge is 1.99. The zero-order chi connectivity index (χ0) is 11.8. The van der Waals surface area contributed by atoms with E-state index in [1.54, 1.807) is 19.2 Å². The smallest absolute Gasteiger partial charge is 0.123 e. The molecule has 3 heteroatoms. The van der Waals surface area contributed by atoms with Gasteiger partial charge < -0.3 is 4.84 Å². The molecule has 0 amide bonds. The highest BCUT2D eigenvalue weighted by Crippen LogP contribution is 2.06. The van der Waals surface area contributed by atoms with Crippen molar-refractivity contribution in [1.29, 1.82) is 0 Å². The second-order valence-corrected chi connectivity index (χ2v) is 3.36. The van der Waals surface area contributed by atoms with Gasteiger partial charge in [-0.15, -0.1) is 6.58 Å². The molecule has 2 nitrogen and oxygen atoms in total. The van der Waals surface area contributed by atoms with Gasteiger partial charge in [-0.05, 0) is 24.1 Å². The lowest BCUT2D eigenvalue weighted by Gasteiger charge is -2.10. The van der Waals surface area contributed by atoms with Crippen LogP contribution in [0.4, 0.5) is 4.39 Å². The Morgan fingerprint density at radius 3 is 2.69 bits per heavy atom. The average molecular weight is 221 g/mol. The van der Waals surface area contributed by atoms with Crippen molar-refractivity contribution < 1.29 is 9.23 Å². The van der Waals surface area contributed by atoms with E-state index in [9.17, 15) is 4.39 Å². The molecule has 0 heterocycles. The fourth-order valence-electron chi connectivity index (χ4n) is 1.30. The molecular weight excluding hydrogens is 205 g/mol. The number of hydrogen-bond donors (Lipinski definition) is 1. The Morgan fingerprint density at radius 1 is 1.44 bits per heavy atom. The van der Waals surface area contributed by atoms with Gasteiger partial charge in [-0.3, -0.25) is 0 Å². The first-order valence-electron chi connectivity index (χ1n) is 5.09. The van der Waals surface area contributed by atoms with E-state index < -0.39 is 0 Å². The second kappa shape index (κ2) is 6.93. The lowest BCUT2D eigenvalue weighted by Crippen LogP contribution is -2.25. The van der Waals surface area contributed by atoms with E-state index in [1.165, 1.54) is 12.1 Å². The molecule has 0 saturated carbocycles. The molecule has 1 unspecified atom stereocenters. The Bertz CT molecular complexity index is 345. The minimum Gasteiger partial charge on any atom is -0.305 e. The Labute approximate surface area is 95.4 Å². The number of hydrogen-bond acceptors (Lipinski definition) is 2. The number of rotatable bonds is 6. The molecule has 0 aliphatic rings. The Kier molecular flexibility index (Phi) is 5.46. The first-order chi connectivity index (χ1) is 7.76. The van der Waals surface area contributed by atoms with Gasteiger partial charge in [0.1, 0.15) is 5.82 Å². The second-order valence-electron chi connectivity index (χ2n) is 3.36. The predicted molar refractivity (Wildman–Crippen MR) is 64.2 cm³/mol. The standard InChI is InChI=1S/C13H16FNO/c1-3-4-13(15-16-2)10-7-11-5-8-12(14)9-6-11/h3,5-10,13,15H,1,4H2,2H3/b10-7+. The van der Waals surface area contributed by atoms with Gasteiger partial charge in [0.15, 0.2) is 0 Å². The summed E-state index contributed by atoms with van der Waals surface area (Å²) < 4.78 is 12.7. The summed E-state index contributed by atoms with van der Waals surface area (Å²) in [5.74, 6) is -0.227. The Balaban J connectivity index is 2.61. The lowest BCUT2D eigenvalue weighted by molar-refractivity contribution is 0.0746. The van der Waals surface area contributed by atoms with Crippen molar-refractivity contribution in [3.05, 3.63) is 54.4 Å². The number of nitrogens with one attached hydrogen (secondary N) is 1. The van der Waals surface area contributed by atoms with Crippen LogP contribution >= 0.6 is 0 Å². The van der Waals surface area contributed by atoms with Gasteiger partial charge in [0.25, 0.3) is 0 Å². The molecule has 0 spiro atoms. The first kappa shape index (κ1) is 12.6. The van der Waals surface area contributed by atoms with E-state index in [1.807, 2.05) is 18.2 Å². The van der Waals surface area contributed by atoms with Crippen molar-refractivity contribution in [3.63, 3.8) is 0 Å². The highest BCUT2D eigenvalue weighted by atomic mass is 19.1. The fraction of sp³-hybridized carbons (Fsp3) is 0.231. The molecule has 1 N–H and O–H groups in total. The number of hydroxylamine groups is 1. The van der Waals surface area contributed by atoms with Gasteiger partial charge in [0, 0.05) is 0 Å². The van der Waals surface area contributed by atoms with Gasteiger partial charge in [0.2, 0.25) is 0 Å². The SMILES string of the molecule is C=CCC(/C=C/c1ccc(F)cc1)NOC. The maximum absolute atomic E-state index is 12.7. The van der Waals surface area contributed by atoms with Crippen LogP contribution in [0, 0.1) is 5.82 Å². The average Bonchev–Trinajstić information content (AvgIpc) is 2.29. The van der Waals surface area contributed by atoms with Crippen LogP contribution in [0.3, 0.4) is 0 Å². The molecule has 1 atom stereocenters. The van der Waals surface area contributed by atoms with E-state index >= 15 is 0 Å². The fourth-order valence-corrected chi connectivity index (χ4v) is 1.30. The van der Waals surface area contributed by atoms with Gasteiger partial charge in [-0.2, -0.15) is 5.48 Å². The molecule has 0 radical (unpaired) electrons. The van der Waals surface area contributed by atoms with E-state index in [0.717, 1.165) is 12.0 Å². The third kappa shape index (κ3) is 4.38. The van der Waals surface area contributed by atoms with E-state index in [2.05, 4.69) is 12.1 Å². The zero-order valence-electron chi connectivity index (χ0n) is 9.32. The Hall–Kier alpha value is -1.45. The largest absolute Gasteiger partial charge is 0.305 e. The summed E-state index contributed by atoms with van der Waals surface area (Å²) in [6, 6.07) is 6.40. The monoisotopic (exact) mass is 221 g/mol. The summed E-state index contributed by atoms with van der Waals surface area (Å²) in [5.41, 5.74) is 3.79. The Morgan fingerprint density at radius 2 is 2.12 bits per heavy atom. The van der Waals surface area contributed by atoms with Crippen molar-refractivity contribution in [2.45, 2.75) is 12.5 Å². The maximum Gasteiger partial charge on any atom is 0.123 e. The summed E-state index contributed by atoms with van der Waals surface area (Å²) in [6.45, 7) is 3.67. The third-order valence-corrected chi connectivity index (χ3v) is 2.08. The van der Waals surface area contributed by atoms with Crippen LogP contribution in [0.15, 0.2) is 43.0 Å². The van der Waals surface area contributed by atoms with Crippen LogP contribution in [-0.2, 0) is 4.84 Å². The third-order valence-electron chi connectivity index (χ3n) is 2.08. The van der Waals surface area contributed by atoms with E-state index in [0.29, 0.717) is 0 Å². The van der Waals surface area contributed by atoms with Crippen molar-refractivity contribution in [1.82, 2.24) is 5.48 Å². The molecular formula is C13H16FNO. The molecule has 0 fully saturated rings. The van der Waals surface area contributed by atoms with Crippen molar-refractivity contribution in [3.8, 4) is 0 Å². The summed E-state index contributed by atoms with van der Waals surface area (Å²) in [6.07, 6.45) is 6.45. The molecule has 16 heavy (non-hydrogen) atoms. The minimum atomic E-state index is -0.227. The van der Waals surface area contributed by atoms with Gasteiger partial charge >= 0.3 is 0 Å².